The average Bonchev–Trinajstić information content (AvgIpc) is 1.96. The molecule has 0 aliphatic carbocycles. The van der Waals surface area contributed by atoms with Gasteiger partial charge in [0.2, 0.25) is 5.88 Å². The van der Waals surface area contributed by atoms with Crippen molar-refractivity contribution < 1.29 is 4.74 Å². The van der Waals surface area contributed by atoms with E-state index >= 15 is 0 Å². The SMILES string of the molecule is CC(C)(C)Oc1nc[nH]c(=O)c1Br. The van der Waals surface area contributed by atoms with Crippen molar-refractivity contribution in [1.29, 1.82) is 0 Å². The van der Waals surface area contributed by atoms with Gasteiger partial charge >= 0.3 is 0 Å². The molecule has 0 radical (unpaired) electrons. The fraction of sp³-hybridized carbons (Fsp3) is 0.500. The van der Waals surface area contributed by atoms with Crippen molar-refractivity contribution in [3.63, 3.8) is 0 Å². The van der Waals surface area contributed by atoms with Gasteiger partial charge < -0.3 is 9.72 Å². The Hall–Kier alpha value is -0.840. The van der Waals surface area contributed by atoms with Crippen LogP contribution in [-0.4, -0.2) is 15.6 Å². The first-order chi connectivity index (χ1) is 5.90. The highest BCUT2D eigenvalue weighted by Crippen LogP contribution is 2.20. The van der Waals surface area contributed by atoms with Crippen LogP contribution >= 0.6 is 15.9 Å². The Balaban J connectivity index is 3.03. The molecular formula is C8H11BrN2O2. The third-order valence-corrected chi connectivity index (χ3v) is 1.87. The molecule has 1 rings (SSSR count). The van der Waals surface area contributed by atoms with Gasteiger partial charge in [-0.3, -0.25) is 4.79 Å². The molecule has 5 heteroatoms. The second-order valence-electron chi connectivity index (χ2n) is 3.57. The third kappa shape index (κ3) is 2.84. The minimum absolute atomic E-state index is 0.241. The fourth-order valence-corrected chi connectivity index (χ4v) is 1.03. The van der Waals surface area contributed by atoms with E-state index < -0.39 is 0 Å². The molecule has 0 spiro atoms. The number of nitrogens with zero attached hydrogens (tertiary/aromatic N) is 1. The molecule has 0 fully saturated rings. The molecule has 1 aromatic rings. The van der Waals surface area contributed by atoms with Gasteiger partial charge in [0.05, 0.1) is 6.33 Å². The summed E-state index contributed by atoms with van der Waals surface area (Å²) in [5, 5.41) is 0. The summed E-state index contributed by atoms with van der Waals surface area (Å²) in [6.07, 6.45) is 1.31. The molecular weight excluding hydrogens is 236 g/mol. The summed E-state index contributed by atoms with van der Waals surface area (Å²) in [7, 11) is 0. The molecule has 0 atom stereocenters. The lowest BCUT2D eigenvalue weighted by molar-refractivity contribution is 0.122. The summed E-state index contributed by atoms with van der Waals surface area (Å²) in [5.74, 6) is 0.316. The van der Waals surface area contributed by atoms with Crippen molar-refractivity contribution in [2.24, 2.45) is 0 Å². The lowest BCUT2D eigenvalue weighted by Crippen LogP contribution is -2.25. The summed E-state index contributed by atoms with van der Waals surface area (Å²) in [4.78, 5) is 17.4. The van der Waals surface area contributed by atoms with Gasteiger partial charge in [0, 0.05) is 0 Å². The van der Waals surface area contributed by atoms with Crippen LogP contribution in [0.3, 0.4) is 0 Å². The zero-order chi connectivity index (χ0) is 10.1. The first kappa shape index (κ1) is 10.2. The highest BCUT2D eigenvalue weighted by atomic mass is 79.9. The number of hydrogen-bond donors (Lipinski definition) is 1. The molecule has 0 saturated heterocycles. The van der Waals surface area contributed by atoms with Crippen LogP contribution in [0.25, 0.3) is 0 Å². The zero-order valence-electron chi connectivity index (χ0n) is 7.72. The number of nitrogens with one attached hydrogen (secondary N) is 1. The topological polar surface area (TPSA) is 55.0 Å². The van der Waals surface area contributed by atoms with Crippen molar-refractivity contribution in [3.05, 3.63) is 21.2 Å². The van der Waals surface area contributed by atoms with Gasteiger partial charge in [-0.25, -0.2) is 4.98 Å². The van der Waals surface area contributed by atoms with E-state index in [0.717, 1.165) is 0 Å². The van der Waals surface area contributed by atoms with Crippen molar-refractivity contribution in [1.82, 2.24) is 9.97 Å². The Morgan fingerprint density at radius 1 is 1.54 bits per heavy atom. The van der Waals surface area contributed by atoms with Crippen LogP contribution in [-0.2, 0) is 0 Å². The van der Waals surface area contributed by atoms with Crippen molar-refractivity contribution in [2.45, 2.75) is 26.4 Å². The van der Waals surface area contributed by atoms with E-state index in [1.165, 1.54) is 6.33 Å². The number of hydrogen-bond acceptors (Lipinski definition) is 3. The zero-order valence-corrected chi connectivity index (χ0v) is 9.31. The molecule has 4 nitrogen and oxygen atoms in total. The average molecular weight is 247 g/mol. The van der Waals surface area contributed by atoms with E-state index in [-0.39, 0.29) is 11.2 Å². The van der Waals surface area contributed by atoms with Crippen molar-refractivity contribution >= 4 is 15.9 Å². The van der Waals surface area contributed by atoms with Gasteiger partial charge in [0.25, 0.3) is 5.56 Å². The van der Waals surface area contributed by atoms with E-state index in [1.54, 1.807) is 0 Å². The number of ether oxygens (including phenoxy) is 1. The van der Waals surface area contributed by atoms with Crippen molar-refractivity contribution in [2.75, 3.05) is 0 Å². The summed E-state index contributed by atoms with van der Waals surface area (Å²) in [6.45, 7) is 5.67. The lowest BCUT2D eigenvalue weighted by atomic mass is 10.2. The smallest absolute Gasteiger partial charge is 0.268 e. The van der Waals surface area contributed by atoms with E-state index in [2.05, 4.69) is 25.9 Å². The monoisotopic (exact) mass is 246 g/mol. The van der Waals surface area contributed by atoms with Crippen LogP contribution in [0.5, 0.6) is 5.88 Å². The summed E-state index contributed by atoms with van der Waals surface area (Å²) in [6, 6.07) is 0. The molecule has 72 valence electrons. The Kier molecular flexibility index (Phi) is 2.75. The van der Waals surface area contributed by atoms with Crippen LogP contribution < -0.4 is 10.3 Å². The molecule has 0 saturated carbocycles. The minimum atomic E-state index is -0.358. The molecule has 1 aromatic heterocycles. The molecule has 1 N–H and O–H groups in total. The Labute approximate surface area is 84.5 Å². The Bertz CT molecular complexity index is 354. The van der Waals surface area contributed by atoms with Crippen LogP contribution in [0.1, 0.15) is 20.8 Å². The van der Waals surface area contributed by atoms with Gasteiger partial charge in [-0.2, -0.15) is 0 Å². The maximum atomic E-state index is 11.1. The molecule has 0 bridgehead atoms. The van der Waals surface area contributed by atoms with Gasteiger partial charge in [0.1, 0.15) is 10.1 Å². The maximum absolute atomic E-state index is 11.1. The van der Waals surface area contributed by atoms with Crippen molar-refractivity contribution in [3.8, 4) is 5.88 Å². The predicted octanol–water partition coefficient (Wildman–Crippen LogP) is 1.71. The largest absolute Gasteiger partial charge is 0.471 e. The first-order valence-corrected chi connectivity index (χ1v) is 4.61. The Morgan fingerprint density at radius 3 is 2.69 bits per heavy atom. The van der Waals surface area contributed by atoms with E-state index in [4.69, 9.17) is 4.74 Å². The summed E-state index contributed by atoms with van der Waals surface area (Å²) in [5.41, 5.74) is -0.599. The maximum Gasteiger partial charge on any atom is 0.268 e. The van der Waals surface area contributed by atoms with Crippen LogP contribution in [0, 0.1) is 0 Å². The van der Waals surface area contributed by atoms with Crippen LogP contribution in [0.15, 0.2) is 15.6 Å². The number of H-pyrrole nitrogens is 1. The predicted molar refractivity (Wildman–Crippen MR) is 52.9 cm³/mol. The number of halogens is 1. The number of rotatable bonds is 1. The van der Waals surface area contributed by atoms with E-state index in [1.807, 2.05) is 20.8 Å². The van der Waals surface area contributed by atoms with Crippen LogP contribution in [0.4, 0.5) is 0 Å². The summed E-state index contributed by atoms with van der Waals surface area (Å²) < 4.78 is 5.76. The lowest BCUT2D eigenvalue weighted by Gasteiger charge is -2.20. The molecule has 1 heterocycles. The normalized spacial score (nSPS) is 11.4. The molecule has 0 aromatic carbocycles. The summed E-state index contributed by atoms with van der Waals surface area (Å²) >= 11 is 3.10. The molecule has 0 aliphatic heterocycles. The first-order valence-electron chi connectivity index (χ1n) is 3.82. The molecule has 0 unspecified atom stereocenters. The highest BCUT2D eigenvalue weighted by molar-refractivity contribution is 9.10. The number of aromatic nitrogens is 2. The van der Waals surface area contributed by atoms with E-state index in [9.17, 15) is 4.79 Å². The second-order valence-corrected chi connectivity index (χ2v) is 4.36. The van der Waals surface area contributed by atoms with Gasteiger partial charge in [-0.05, 0) is 36.7 Å². The molecule has 13 heavy (non-hydrogen) atoms. The molecule has 0 amide bonds. The fourth-order valence-electron chi connectivity index (χ4n) is 0.728. The van der Waals surface area contributed by atoms with Gasteiger partial charge in [0.15, 0.2) is 0 Å². The third-order valence-electron chi connectivity index (χ3n) is 1.17. The van der Waals surface area contributed by atoms with Crippen LogP contribution in [0.2, 0.25) is 0 Å². The minimum Gasteiger partial charge on any atom is -0.471 e. The van der Waals surface area contributed by atoms with E-state index in [0.29, 0.717) is 10.4 Å². The highest BCUT2D eigenvalue weighted by Gasteiger charge is 2.16. The Morgan fingerprint density at radius 2 is 2.15 bits per heavy atom. The van der Waals surface area contributed by atoms with Gasteiger partial charge in [-0.1, -0.05) is 0 Å². The van der Waals surface area contributed by atoms with Gasteiger partial charge in [-0.15, -0.1) is 0 Å². The molecule has 0 aliphatic rings. The quantitative estimate of drug-likeness (QED) is 0.821. The standard InChI is InChI=1S/C8H11BrN2O2/c1-8(2,3)13-7-5(9)6(12)10-4-11-7/h4H,1-3H3,(H,10,11,12). The number of aromatic amines is 1. The second kappa shape index (κ2) is 3.49.